The third-order valence-electron chi connectivity index (χ3n) is 7.32. The minimum Gasteiger partial charge on any atom is -0.497 e. The fourth-order valence-corrected chi connectivity index (χ4v) is 5.91. The predicted octanol–water partition coefficient (Wildman–Crippen LogP) is 2.93. The third kappa shape index (κ3) is 9.71. The van der Waals surface area contributed by atoms with Gasteiger partial charge < -0.3 is 25.2 Å². The van der Waals surface area contributed by atoms with Crippen molar-refractivity contribution in [3.05, 3.63) is 60.2 Å². The summed E-state index contributed by atoms with van der Waals surface area (Å²) in [5, 5.41) is 5.88. The van der Waals surface area contributed by atoms with E-state index in [-0.39, 0.29) is 23.6 Å². The second-order valence-corrected chi connectivity index (χ2v) is 12.2. The number of carbonyl (C=O) groups is 2. The summed E-state index contributed by atoms with van der Waals surface area (Å²) in [4.78, 5) is 30.5. The largest absolute Gasteiger partial charge is 0.497 e. The molecule has 1 heterocycles. The zero-order valence-corrected chi connectivity index (χ0v) is 24.7. The molecule has 3 unspecified atom stereocenters. The first-order valence-corrected chi connectivity index (χ1v) is 15.5. The van der Waals surface area contributed by atoms with E-state index in [2.05, 4.69) is 20.3 Å². The number of sulfonamides is 1. The summed E-state index contributed by atoms with van der Waals surface area (Å²) >= 11 is 0. The predicted molar refractivity (Wildman–Crippen MR) is 158 cm³/mol. The van der Waals surface area contributed by atoms with Gasteiger partial charge in [0, 0.05) is 37.9 Å². The Morgan fingerprint density at radius 1 is 0.975 bits per heavy atom. The molecule has 40 heavy (non-hydrogen) atoms. The van der Waals surface area contributed by atoms with E-state index < -0.39 is 22.1 Å². The van der Waals surface area contributed by atoms with Gasteiger partial charge >= 0.3 is 6.03 Å². The lowest BCUT2D eigenvalue weighted by Gasteiger charge is -2.34. The van der Waals surface area contributed by atoms with Crippen molar-refractivity contribution in [2.75, 3.05) is 50.8 Å². The Morgan fingerprint density at radius 2 is 1.62 bits per heavy atom. The number of methoxy groups -OCH3 is 1. The second kappa shape index (κ2) is 14.9. The zero-order chi connectivity index (χ0) is 29.1. The average molecular weight is 574 g/mol. The number of hydrogen-bond donors (Lipinski definition) is 3. The van der Waals surface area contributed by atoms with Gasteiger partial charge in [0.25, 0.3) is 0 Å². The number of nitrogens with zero attached hydrogens (tertiary/aromatic N) is 2. The molecular weight excluding hydrogens is 530 g/mol. The van der Waals surface area contributed by atoms with Crippen LogP contribution < -0.4 is 20.1 Å². The summed E-state index contributed by atoms with van der Waals surface area (Å²) < 4.78 is 34.1. The lowest BCUT2D eigenvalue weighted by atomic mass is 9.97. The lowest BCUT2D eigenvalue weighted by Crippen LogP contribution is -2.58. The molecule has 1 aliphatic rings. The molecule has 0 saturated carbocycles. The number of aryl methyl sites for hydroxylation is 1. The molecule has 3 rings (SSSR count). The summed E-state index contributed by atoms with van der Waals surface area (Å²) in [7, 11) is -0.253. The maximum atomic E-state index is 13.6. The van der Waals surface area contributed by atoms with E-state index in [0.717, 1.165) is 18.7 Å². The van der Waals surface area contributed by atoms with Gasteiger partial charge in [-0.3, -0.25) is 9.52 Å². The van der Waals surface area contributed by atoms with E-state index in [4.69, 9.17) is 4.74 Å². The topological polar surface area (TPSA) is 120 Å². The summed E-state index contributed by atoms with van der Waals surface area (Å²) in [6.07, 6.45) is 1.68. The quantitative estimate of drug-likeness (QED) is 0.339. The average Bonchev–Trinajstić information content (AvgIpc) is 2.95. The van der Waals surface area contributed by atoms with E-state index in [1.165, 1.54) is 0 Å². The number of piperazine rings is 1. The van der Waals surface area contributed by atoms with Crippen LogP contribution in [0.25, 0.3) is 0 Å². The smallest absolute Gasteiger partial charge is 0.318 e. The van der Waals surface area contributed by atoms with Crippen LogP contribution in [-0.2, 0) is 21.2 Å². The van der Waals surface area contributed by atoms with Gasteiger partial charge in [0.2, 0.25) is 15.9 Å². The van der Waals surface area contributed by atoms with Gasteiger partial charge in [0.1, 0.15) is 11.8 Å². The fraction of sp³-hybridized carbons (Fsp3) is 0.517. The molecule has 10 nitrogen and oxygen atoms in total. The van der Waals surface area contributed by atoms with Gasteiger partial charge in [-0.25, -0.2) is 13.2 Å². The van der Waals surface area contributed by atoms with Crippen LogP contribution in [0.2, 0.25) is 0 Å². The molecule has 3 N–H and O–H groups in total. The molecule has 11 heteroatoms. The first-order valence-electron chi connectivity index (χ1n) is 13.8. The van der Waals surface area contributed by atoms with E-state index >= 15 is 0 Å². The Bertz CT molecular complexity index is 1190. The van der Waals surface area contributed by atoms with Crippen molar-refractivity contribution in [3.63, 3.8) is 0 Å². The van der Waals surface area contributed by atoms with Crippen LogP contribution in [0.4, 0.5) is 10.5 Å². The minimum absolute atomic E-state index is 0.139. The Morgan fingerprint density at radius 3 is 2.23 bits per heavy atom. The monoisotopic (exact) mass is 573 g/mol. The zero-order valence-electron chi connectivity index (χ0n) is 23.9. The molecule has 0 aromatic heterocycles. The molecule has 3 amide bonds. The molecule has 1 aliphatic heterocycles. The highest BCUT2D eigenvalue weighted by Gasteiger charge is 2.31. The van der Waals surface area contributed by atoms with E-state index in [1.54, 1.807) is 36.3 Å². The number of carbonyl (C=O) groups excluding carboxylic acids is 2. The van der Waals surface area contributed by atoms with Crippen molar-refractivity contribution in [2.24, 2.45) is 5.92 Å². The van der Waals surface area contributed by atoms with Crippen LogP contribution >= 0.6 is 0 Å². The molecule has 0 bridgehead atoms. The van der Waals surface area contributed by atoms with E-state index in [0.29, 0.717) is 43.8 Å². The fourth-order valence-electron chi connectivity index (χ4n) is 4.55. The number of anilines is 1. The van der Waals surface area contributed by atoms with Crippen molar-refractivity contribution in [2.45, 2.75) is 45.2 Å². The molecular formula is C29H43N5O5S. The SMILES string of the molecule is CCC(C)C(NC(=O)N1CCN(C)CC1)C(=O)NC(CCc1ccccc1)CS(=O)(=O)Nc1ccc(OC)cc1. The van der Waals surface area contributed by atoms with Gasteiger partial charge in [-0.05, 0) is 55.6 Å². The first kappa shape index (κ1) is 31.2. The van der Waals surface area contributed by atoms with Crippen molar-refractivity contribution in [1.82, 2.24) is 20.4 Å². The second-order valence-electron chi connectivity index (χ2n) is 10.4. The standard InChI is InChI=1S/C29H43N5O5S/c1-5-22(2)27(31-29(36)34-19-17-33(3)18-20-34)28(35)30-25(12-11-23-9-7-6-8-10-23)21-40(37,38)32-24-13-15-26(39-4)16-14-24/h6-10,13-16,22,25,27,32H,5,11-12,17-21H2,1-4H3,(H,30,35)(H,31,36). The lowest BCUT2D eigenvalue weighted by molar-refractivity contribution is -0.124. The molecule has 0 radical (unpaired) electrons. The maximum Gasteiger partial charge on any atom is 0.318 e. The van der Waals surface area contributed by atoms with Crippen molar-refractivity contribution >= 4 is 27.6 Å². The molecule has 3 atom stereocenters. The van der Waals surface area contributed by atoms with Crippen molar-refractivity contribution < 1.29 is 22.7 Å². The number of urea groups is 1. The molecule has 220 valence electrons. The van der Waals surface area contributed by atoms with E-state index in [1.807, 2.05) is 51.2 Å². The number of benzene rings is 2. The Labute approximate surface area is 238 Å². The van der Waals surface area contributed by atoms with E-state index in [9.17, 15) is 18.0 Å². The highest BCUT2D eigenvalue weighted by atomic mass is 32.2. The number of likely N-dealkylation sites (N-methyl/N-ethyl adjacent to an activating group) is 1. The number of ether oxygens (including phenoxy) is 1. The van der Waals surface area contributed by atoms with Crippen LogP contribution in [0.5, 0.6) is 5.75 Å². The number of amides is 3. The van der Waals surface area contributed by atoms with Gasteiger partial charge in [-0.1, -0.05) is 50.6 Å². The number of rotatable bonds is 13. The minimum atomic E-state index is -3.81. The molecule has 0 spiro atoms. The Balaban J connectivity index is 1.73. The Kier molecular flexibility index (Phi) is 11.6. The summed E-state index contributed by atoms with van der Waals surface area (Å²) in [6, 6.07) is 14.6. The van der Waals surface area contributed by atoms with Crippen LogP contribution in [0.1, 0.15) is 32.3 Å². The van der Waals surface area contributed by atoms with Gasteiger partial charge in [-0.2, -0.15) is 0 Å². The van der Waals surface area contributed by atoms with Gasteiger partial charge in [-0.15, -0.1) is 0 Å². The maximum absolute atomic E-state index is 13.6. The molecule has 0 aliphatic carbocycles. The first-order chi connectivity index (χ1) is 19.1. The summed E-state index contributed by atoms with van der Waals surface area (Å²) in [6.45, 7) is 6.60. The molecule has 2 aromatic carbocycles. The van der Waals surface area contributed by atoms with Gasteiger partial charge in [0.15, 0.2) is 0 Å². The third-order valence-corrected chi connectivity index (χ3v) is 8.71. The normalized spacial score (nSPS) is 16.4. The highest BCUT2D eigenvalue weighted by molar-refractivity contribution is 7.92. The van der Waals surface area contributed by atoms with Crippen molar-refractivity contribution in [1.29, 1.82) is 0 Å². The number of hydrogen-bond acceptors (Lipinski definition) is 6. The van der Waals surface area contributed by atoms with Crippen molar-refractivity contribution in [3.8, 4) is 5.75 Å². The van der Waals surface area contributed by atoms with Gasteiger partial charge in [0.05, 0.1) is 12.9 Å². The summed E-state index contributed by atoms with van der Waals surface area (Å²) in [5.74, 6) is -0.211. The van der Waals surface area contributed by atoms with Crippen LogP contribution in [-0.4, -0.2) is 88.3 Å². The molecule has 2 aromatic rings. The van der Waals surface area contributed by atoms with Crippen LogP contribution in [0, 0.1) is 5.92 Å². The molecule has 1 saturated heterocycles. The highest BCUT2D eigenvalue weighted by Crippen LogP contribution is 2.18. The van der Waals surface area contributed by atoms with Crippen LogP contribution in [0.3, 0.4) is 0 Å². The number of nitrogens with one attached hydrogen (secondary N) is 3. The molecule has 1 fully saturated rings. The Hall–Kier alpha value is -3.31. The summed E-state index contributed by atoms with van der Waals surface area (Å²) in [5.41, 5.74) is 1.45. The van der Waals surface area contributed by atoms with Crippen LogP contribution in [0.15, 0.2) is 54.6 Å².